The lowest BCUT2D eigenvalue weighted by Gasteiger charge is -2.38. The molecule has 0 fully saturated rings. The Hall–Kier alpha value is -0.610. The van der Waals surface area contributed by atoms with Gasteiger partial charge in [0.15, 0.2) is 0 Å². The van der Waals surface area contributed by atoms with Crippen molar-refractivity contribution in [2.24, 2.45) is 11.3 Å². The van der Waals surface area contributed by atoms with Crippen molar-refractivity contribution in [3.8, 4) is 0 Å². The first-order chi connectivity index (χ1) is 15.0. The second kappa shape index (κ2) is 20.0. The lowest BCUT2D eigenvalue weighted by atomic mass is 9.65. The van der Waals surface area contributed by atoms with Gasteiger partial charge in [-0.2, -0.15) is 0 Å². The Balaban J connectivity index is 4.49. The molecule has 0 aliphatic rings. The van der Waals surface area contributed by atoms with Gasteiger partial charge in [-0.25, -0.2) is 0 Å². The summed E-state index contributed by atoms with van der Waals surface area (Å²) in [4.78, 5) is 12.4. The van der Waals surface area contributed by atoms with Gasteiger partial charge in [-0.05, 0) is 25.2 Å². The third-order valence-corrected chi connectivity index (χ3v) is 7.14. The summed E-state index contributed by atoms with van der Waals surface area (Å²) >= 11 is 0. The standard InChI is InChI=1S/C27H54O4/c1-4-7-9-10-11-12-13-14-15-16-17-19-21-27(26(30)31,22-25(29)23-28)24(6-3)20-18-8-5-2/h24-25,28-29H,4-23H2,1-3H3,(H,30,31). The molecule has 0 aromatic carbocycles. The van der Waals surface area contributed by atoms with Gasteiger partial charge in [-0.3, -0.25) is 4.79 Å². The lowest BCUT2D eigenvalue weighted by Crippen LogP contribution is -2.42. The van der Waals surface area contributed by atoms with Crippen LogP contribution in [0.25, 0.3) is 0 Å². The number of carboxylic acid groups (broad SMARTS) is 1. The van der Waals surface area contributed by atoms with Gasteiger partial charge >= 0.3 is 5.97 Å². The normalized spacial score (nSPS) is 15.5. The topological polar surface area (TPSA) is 77.8 Å². The number of unbranched alkanes of at least 4 members (excludes halogenated alkanes) is 13. The van der Waals surface area contributed by atoms with E-state index in [0.717, 1.165) is 44.9 Å². The van der Waals surface area contributed by atoms with Crippen molar-refractivity contribution in [2.45, 2.75) is 149 Å². The predicted molar refractivity (Wildman–Crippen MR) is 131 cm³/mol. The molecule has 0 aliphatic carbocycles. The summed E-state index contributed by atoms with van der Waals surface area (Å²) in [6.07, 6.45) is 19.9. The molecule has 0 saturated carbocycles. The number of aliphatic hydroxyl groups is 2. The molecule has 3 atom stereocenters. The first kappa shape index (κ1) is 30.4. The molecule has 0 heterocycles. The van der Waals surface area contributed by atoms with Crippen LogP contribution in [-0.2, 0) is 4.79 Å². The quantitative estimate of drug-likeness (QED) is 0.143. The van der Waals surface area contributed by atoms with Crippen molar-refractivity contribution in [1.29, 1.82) is 0 Å². The highest BCUT2D eigenvalue weighted by atomic mass is 16.4. The number of hydrogen-bond donors (Lipinski definition) is 3. The Morgan fingerprint density at radius 2 is 1.19 bits per heavy atom. The van der Waals surface area contributed by atoms with Crippen molar-refractivity contribution in [3.63, 3.8) is 0 Å². The van der Waals surface area contributed by atoms with Gasteiger partial charge in [0.2, 0.25) is 0 Å². The summed E-state index contributed by atoms with van der Waals surface area (Å²) in [6.45, 7) is 6.12. The van der Waals surface area contributed by atoms with E-state index in [1.54, 1.807) is 0 Å². The summed E-state index contributed by atoms with van der Waals surface area (Å²) in [5.41, 5.74) is -0.914. The third-order valence-electron chi connectivity index (χ3n) is 7.14. The SMILES string of the molecule is CCCCCCCCCCCCCCC(CC(O)CO)(C(=O)O)C(CC)CCCCC. The molecule has 0 spiro atoms. The molecule has 0 bridgehead atoms. The van der Waals surface area contributed by atoms with E-state index in [0.29, 0.717) is 6.42 Å². The van der Waals surface area contributed by atoms with Crippen LogP contribution in [-0.4, -0.2) is 34.0 Å². The van der Waals surface area contributed by atoms with Crippen molar-refractivity contribution in [1.82, 2.24) is 0 Å². The van der Waals surface area contributed by atoms with Gasteiger partial charge in [0.25, 0.3) is 0 Å². The zero-order valence-corrected chi connectivity index (χ0v) is 21.0. The van der Waals surface area contributed by atoms with Gasteiger partial charge in [-0.1, -0.05) is 124 Å². The molecule has 186 valence electrons. The summed E-state index contributed by atoms with van der Waals surface area (Å²) in [7, 11) is 0. The minimum Gasteiger partial charge on any atom is -0.481 e. The third kappa shape index (κ3) is 13.5. The molecule has 0 rings (SSSR count). The lowest BCUT2D eigenvalue weighted by molar-refractivity contribution is -0.157. The summed E-state index contributed by atoms with van der Waals surface area (Å²) in [5.74, 6) is -0.725. The van der Waals surface area contributed by atoms with Crippen LogP contribution >= 0.6 is 0 Å². The van der Waals surface area contributed by atoms with Gasteiger partial charge in [0, 0.05) is 0 Å². The van der Waals surface area contributed by atoms with E-state index in [2.05, 4.69) is 20.8 Å². The maximum absolute atomic E-state index is 12.4. The second-order valence-electron chi connectivity index (χ2n) is 9.74. The zero-order chi connectivity index (χ0) is 23.4. The predicted octanol–water partition coefficient (Wildman–Crippen LogP) is 7.50. The van der Waals surface area contributed by atoms with E-state index in [1.165, 1.54) is 64.2 Å². The monoisotopic (exact) mass is 442 g/mol. The van der Waals surface area contributed by atoms with E-state index in [9.17, 15) is 20.1 Å². The van der Waals surface area contributed by atoms with Crippen LogP contribution in [0.5, 0.6) is 0 Å². The average molecular weight is 443 g/mol. The molecule has 4 nitrogen and oxygen atoms in total. The zero-order valence-electron chi connectivity index (χ0n) is 21.0. The summed E-state index contributed by atoms with van der Waals surface area (Å²) in [5, 5.41) is 29.7. The molecule has 0 aromatic heterocycles. The molecule has 3 N–H and O–H groups in total. The number of hydrogen-bond acceptors (Lipinski definition) is 3. The van der Waals surface area contributed by atoms with Gasteiger partial charge < -0.3 is 15.3 Å². The van der Waals surface area contributed by atoms with E-state index < -0.39 is 17.5 Å². The number of aliphatic carboxylic acids is 1. The largest absolute Gasteiger partial charge is 0.481 e. The molecular weight excluding hydrogens is 388 g/mol. The first-order valence-corrected chi connectivity index (χ1v) is 13.5. The number of carboxylic acids is 1. The minimum absolute atomic E-state index is 0.0606. The molecule has 0 aromatic rings. The van der Waals surface area contributed by atoms with Crippen molar-refractivity contribution in [2.75, 3.05) is 6.61 Å². The number of rotatable bonds is 23. The van der Waals surface area contributed by atoms with Gasteiger partial charge in [0.1, 0.15) is 0 Å². The van der Waals surface area contributed by atoms with Crippen LogP contribution in [0.2, 0.25) is 0 Å². The summed E-state index contributed by atoms with van der Waals surface area (Å²) in [6, 6.07) is 0. The Morgan fingerprint density at radius 3 is 1.61 bits per heavy atom. The molecule has 0 saturated heterocycles. The fourth-order valence-electron chi connectivity index (χ4n) is 5.12. The van der Waals surface area contributed by atoms with Crippen LogP contribution < -0.4 is 0 Å². The Kier molecular flexibility index (Phi) is 19.6. The van der Waals surface area contributed by atoms with Gasteiger partial charge in [-0.15, -0.1) is 0 Å². The average Bonchev–Trinajstić information content (AvgIpc) is 2.76. The molecular formula is C27H54O4. The fourth-order valence-corrected chi connectivity index (χ4v) is 5.12. The Labute approximate surface area is 193 Å². The van der Waals surface area contributed by atoms with Gasteiger partial charge in [0.05, 0.1) is 18.1 Å². The van der Waals surface area contributed by atoms with Crippen molar-refractivity contribution >= 4 is 5.97 Å². The molecule has 3 unspecified atom stereocenters. The number of carbonyl (C=O) groups is 1. The second-order valence-corrected chi connectivity index (χ2v) is 9.74. The molecule has 4 heteroatoms. The van der Waals surface area contributed by atoms with Crippen LogP contribution in [0, 0.1) is 11.3 Å². The summed E-state index contributed by atoms with van der Waals surface area (Å²) < 4.78 is 0. The van der Waals surface area contributed by atoms with Crippen molar-refractivity contribution in [3.05, 3.63) is 0 Å². The highest BCUT2D eigenvalue weighted by Crippen LogP contribution is 2.43. The maximum atomic E-state index is 12.4. The maximum Gasteiger partial charge on any atom is 0.310 e. The Bertz CT molecular complexity index is 412. The molecule has 31 heavy (non-hydrogen) atoms. The molecule has 0 amide bonds. The fraction of sp³-hybridized carbons (Fsp3) is 0.963. The minimum atomic E-state index is -0.950. The first-order valence-electron chi connectivity index (χ1n) is 13.5. The van der Waals surface area contributed by atoms with E-state index in [1.807, 2.05) is 0 Å². The van der Waals surface area contributed by atoms with Crippen LogP contribution in [0.1, 0.15) is 143 Å². The Morgan fingerprint density at radius 1 is 0.742 bits per heavy atom. The van der Waals surface area contributed by atoms with Crippen LogP contribution in [0.3, 0.4) is 0 Å². The van der Waals surface area contributed by atoms with E-state index in [-0.39, 0.29) is 18.9 Å². The highest BCUT2D eigenvalue weighted by molar-refractivity contribution is 5.75. The molecule has 0 aliphatic heterocycles. The molecule has 0 radical (unpaired) electrons. The highest BCUT2D eigenvalue weighted by Gasteiger charge is 2.45. The smallest absolute Gasteiger partial charge is 0.310 e. The van der Waals surface area contributed by atoms with Crippen molar-refractivity contribution < 1.29 is 20.1 Å². The van der Waals surface area contributed by atoms with E-state index in [4.69, 9.17) is 0 Å². The van der Waals surface area contributed by atoms with Crippen LogP contribution in [0.15, 0.2) is 0 Å². The number of aliphatic hydroxyl groups excluding tert-OH is 2. The van der Waals surface area contributed by atoms with E-state index >= 15 is 0 Å². The van der Waals surface area contributed by atoms with Crippen LogP contribution in [0.4, 0.5) is 0 Å².